The van der Waals surface area contributed by atoms with Gasteiger partial charge in [-0.3, -0.25) is 0 Å². The predicted octanol–water partition coefficient (Wildman–Crippen LogP) is 4.36. The molecule has 0 saturated carbocycles. The number of benzene rings is 1. The highest BCUT2D eigenvalue weighted by Gasteiger charge is 2.01. The van der Waals surface area contributed by atoms with Crippen LogP contribution in [0.3, 0.4) is 0 Å². The Morgan fingerprint density at radius 2 is 2.37 bits per heavy atom. The SMILES string of the molecule is C=C(C)COc1cccc(NCc2cnc(Cl)s2)c1. The van der Waals surface area contributed by atoms with Crippen LogP contribution in [-0.2, 0) is 6.54 Å². The number of thiazole rings is 1. The molecule has 2 rings (SSSR count). The molecular weight excluding hydrogens is 280 g/mol. The zero-order chi connectivity index (χ0) is 13.7. The molecule has 0 aliphatic carbocycles. The summed E-state index contributed by atoms with van der Waals surface area (Å²) in [5.41, 5.74) is 2.00. The van der Waals surface area contributed by atoms with Crippen LogP contribution in [0.1, 0.15) is 11.8 Å². The maximum atomic E-state index is 5.79. The fraction of sp³-hybridized carbons (Fsp3) is 0.214. The van der Waals surface area contributed by atoms with Gasteiger partial charge in [-0.2, -0.15) is 0 Å². The third-order valence-corrected chi connectivity index (χ3v) is 3.43. The Balaban J connectivity index is 1.93. The molecule has 1 aromatic heterocycles. The highest BCUT2D eigenvalue weighted by Crippen LogP contribution is 2.21. The van der Waals surface area contributed by atoms with Crippen LogP contribution in [0, 0.1) is 0 Å². The number of nitrogens with one attached hydrogen (secondary N) is 1. The zero-order valence-corrected chi connectivity index (χ0v) is 12.2. The van der Waals surface area contributed by atoms with Gasteiger partial charge >= 0.3 is 0 Å². The van der Waals surface area contributed by atoms with Crippen LogP contribution < -0.4 is 10.1 Å². The van der Waals surface area contributed by atoms with E-state index in [1.54, 1.807) is 6.20 Å². The number of ether oxygens (including phenoxy) is 1. The number of rotatable bonds is 6. The van der Waals surface area contributed by atoms with Crippen molar-refractivity contribution >= 4 is 28.6 Å². The lowest BCUT2D eigenvalue weighted by Gasteiger charge is -2.09. The van der Waals surface area contributed by atoms with E-state index in [0.717, 1.165) is 21.9 Å². The summed E-state index contributed by atoms with van der Waals surface area (Å²) in [5, 5.41) is 3.31. The molecule has 0 spiro atoms. The van der Waals surface area contributed by atoms with E-state index in [9.17, 15) is 0 Å². The van der Waals surface area contributed by atoms with Crippen molar-refractivity contribution in [3.05, 3.63) is 52.0 Å². The second kappa shape index (κ2) is 6.59. The summed E-state index contributed by atoms with van der Waals surface area (Å²) < 4.78 is 6.16. The molecule has 19 heavy (non-hydrogen) atoms. The average Bonchev–Trinajstić information content (AvgIpc) is 2.80. The van der Waals surface area contributed by atoms with Crippen molar-refractivity contribution in [2.75, 3.05) is 11.9 Å². The van der Waals surface area contributed by atoms with Crippen molar-refractivity contribution in [2.24, 2.45) is 0 Å². The second-order valence-electron chi connectivity index (χ2n) is 4.21. The normalized spacial score (nSPS) is 10.2. The van der Waals surface area contributed by atoms with Crippen LogP contribution >= 0.6 is 22.9 Å². The lowest BCUT2D eigenvalue weighted by molar-refractivity contribution is 0.353. The Bertz CT molecular complexity index is 568. The summed E-state index contributed by atoms with van der Waals surface area (Å²) in [7, 11) is 0. The van der Waals surface area contributed by atoms with Crippen LogP contribution in [-0.4, -0.2) is 11.6 Å². The molecule has 0 atom stereocenters. The number of halogens is 1. The third-order valence-electron chi connectivity index (χ3n) is 2.31. The smallest absolute Gasteiger partial charge is 0.183 e. The molecule has 1 heterocycles. The average molecular weight is 295 g/mol. The first-order valence-corrected chi connectivity index (χ1v) is 7.04. The predicted molar refractivity (Wildman–Crippen MR) is 81.2 cm³/mol. The summed E-state index contributed by atoms with van der Waals surface area (Å²) in [6.45, 7) is 6.99. The second-order valence-corrected chi connectivity index (χ2v) is 5.90. The van der Waals surface area contributed by atoms with E-state index in [4.69, 9.17) is 16.3 Å². The van der Waals surface area contributed by atoms with Crippen LogP contribution in [0.4, 0.5) is 5.69 Å². The highest BCUT2D eigenvalue weighted by atomic mass is 35.5. The van der Waals surface area contributed by atoms with Gasteiger partial charge in [0.05, 0.1) is 6.54 Å². The molecule has 0 unspecified atom stereocenters. The van der Waals surface area contributed by atoms with Gasteiger partial charge in [-0.15, -0.1) is 11.3 Å². The minimum Gasteiger partial charge on any atom is -0.489 e. The number of nitrogens with zero attached hydrogens (tertiary/aromatic N) is 1. The first kappa shape index (κ1) is 13.9. The van der Waals surface area contributed by atoms with Gasteiger partial charge in [-0.25, -0.2) is 4.98 Å². The molecule has 0 bridgehead atoms. The molecule has 1 N–H and O–H groups in total. The van der Waals surface area contributed by atoms with E-state index < -0.39 is 0 Å². The minimum absolute atomic E-state index is 0.536. The van der Waals surface area contributed by atoms with E-state index in [-0.39, 0.29) is 0 Å². The van der Waals surface area contributed by atoms with Gasteiger partial charge in [0, 0.05) is 22.8 Å². The van der Waals surface area contributed by atoms with Crippen molar-refractivity contribution < 1.29 is 4.74 Å². The third kappa shape index (κ3) is 4.58. The maximum Gasteiger partial charge on any atom is 0.183 e. The van der Waals surface area contributed by atoms with E-state index in [2.05, 4.69) is 16.9 Å². The van der Waals surface area contributed by atoms with Crippen LogP contribution in [0.2, 0.25) is 4.47 Å². The summed E-state index contributed by atoms with van der Waals surface area (Å²) in [5.74, 6) is 0.829. The molecule has 0 saturated heterocycles. The Hall–Kier alpha value is -1.52. The van der Waals surface area contributed by atoms with Crippen molar-refractivity contribution in [1.29, 1.82) is 0 Å². The fourth-order valence-corrected chi connectivity index (χ4v) is 2.37. The van der Waals surface area contributed by atoms with Crippen molar-refractivity contribution in [3.63, 3.8) is 0 Å². The molecule has 2 aromatic rings. The fourth-order valence-electron chi connectivity index (χ4n) is 1.46. The first-order valence-electron chi connectivity index (χ1n) is 5.85. The van der Waals surface area contributed by atoms with Crippen molar-refractivity contribution in [2.45, 2.75) is 13.5 Å². The Morgan fingerprint density at radius 3 is 3.05 bits per heavy atom. The lowest BCUT2D eigenvalue weighted by Crippen LogP contribution is -2.00. The summed E-state index contributed by atoms with van der Waals surface area (Å²) in [6, 6.07) is 7.84. The summed E-state index contributed by atoms with van der Waals surface area (Å²) in [4.78, 5) is 5.10. The first-order chi connectivity index (χ1) is 9.13. The molecule has 0 aliphatic heterocycles. The van der Waals surface area contributed by atoms with Crippen LogP contribution in [0.5, 0.6) is 5.75 Å². The number of aromatic nitrogens is 1. The van der Waals surface area contributed by atoms with Gasteiger partial charge in [-0.05, 0) is 24.6 Å². The van der Waals surface area contributed by atoms with Crippen LogP contribution in [0.15, 0.2) is 42.6 Å². The topological polar surface area (TPSA) is 34.1 Å². The van der Waals surface area contributed by atoms with E-state index in [0.29, 0.717) is 17.6 Å². The van der Waals surface area contributed by atoms with E-state index >= 15 is 0 Å². The molecule has 0 aliphatic rings. The van der Waals surface area contributed by atoms with Crippen molar-refractivity contribution in [3.8, 4) is 5.75 Å². The number of hydrogen-bond donors (Lipinski definition) is 1. The van der Waals surface area contributed by atoms with Gasteiger partial charge in [0.2, 0.25) is 0 Å². The van der Waals surface area contributed by atoms with Gasteiger partial charge < -0.3 is 10.1 Å². The van der Waals surface area contributed by atoms with E-state index in [1.165, 1.54) is 11.3 Å². The molecule has 0 radical (unpaired) electrons. The van der Waals surface area contributed by atoms with Gasteiger partial charge in [0.25, 0.3) is 0 Å². The van der Waals surface area contributed by atoms with Gasteiger partial charge in [0.15, 0.2) is 4.47 Å². The Morgan fingerprint density at radius 1 is 1.53 bits per heavy atom. The number of anilines is 1. The standard InChI is InChI=1S/C14H15ClN2OS/c1-10(2)9-18-12-5-3-4-11(6-12)16-7-13-8-17-14(15)19-13/h3-6,8,16H,1,7,9H2,2H3. The monoisotopic (exact) mass is 294 g/mol. The molecule has 5 heteroatoms. The van der Waals surface area contributed by atoms with Crippen molar-refractivity contribution in [1.82, 2.24) is 4.98 Å². The largest absolute Gasteiger partial charge is 0.489 e. The minimum atomic E-state index is 0.536. The van der Waals surface area contributed by atoms with Gasteiger partial charge in [0.1, 0.15) is 12.4 Å². The quantitative estimate of drug-likeness (QED) is 0.804. The molecule has 100 valence electrons. The Labute approximate surface area is 121 Å². The van der Waals surface area contributed by atoms with E-state index in [1.807, 2.05) is 31.2 Å². The lowest BCUT2D eigenvalue weighted by atomic mass is 10.3. The summed E-state index contributed by atoms with van der Waals surface area (Å²) >= 11 is 7.26. The highest BCUT2D eigenvalue weighted by molar-refractivity contribution is 7.15. The van der Waals surface area contributed by atoms with Crippen LogP contribution in [0.25, 0.3) is 0 Å². The summed E-state index contributed by atoms with van der Waals surface area (Å²) in [6.07, 6.45) is 1.78. The number of hydrogen-bond acceptors (Lipinski definition) is 4. The maximum absolute atomic E-state index is 5.79. The zero-order valence-electron chi connectivity index (χ0n) is 10.6. The molecule has 0 fully saturated rings. The molecule has 0 amide bonds. The Kier molecular flexibility index (Phi) is 4.82. The molecular formula is C14H15ClN2OS. The molecule has 3 nitrogen and oxygen atoms in total. The van der Waals surface area contributed by atoms with Gasteiger partial charge in [-0.1, -0.05) is 24.2 Å². The molecule has 1 aromatic carbocycles.